The fourth-order valence-electron chi connectivity index (χ4n) is 3.57. The molecule has 0 aromatic heterocycles. The van der Waals surface area contributed by atoms with Gasteiger partial charge in [-0.2, -0.15) is 0 Å². The molecule has 1 fully saturated rings. The molecule has 7 heteroatoms. The molecule has 0 aliphatic heterocycles. The van der Waals surface area contributed by atoms with Gasteiger partial charge in [0, 0.05) is 11.6 Å². The lowest BCUT2D eigenvalue weighted by Crippen LogP contribution is -2.43. The van der Waals surface area contributed by atoms with Crippen LogP contribution in [0.3, 0.4) is 0 Å². The third-order valence-electron chi connectivity index (χ3n) is 5.57. The highest BCUT2D eigenvalue weighted by Gasteiger charge is 2.28. The van der Waals surface area contributed by atoms with E-state index in [-0.39, 0.29) is 22.5 Å². The second-order valence-electron chi connectivity index (χ2n) is 7.46. The Hall–Kier alpha value is -2.41. The predicted octanol–water partition coefficient (Wildman–Crippen LogP) is 4.18. The summed E-state index contributed by atoms with van der Waals surface area (Å²) in [6.07, 6.45) is 3.22. The van der Waals surface area contributed by atoms with Gasteiger partial charge in [-0.25, -0.2) is 12.8 Å². The standard InChI is InChI=1S/C21H25FN2O3S/c1-14-6-5-9-19(15(14)2)23-21(25)16-10-12-17(13-11-16)28(26,27)24-20-8-4-3-7-18(20)22/h3-4,7-8,10-15,19,24H,5-6,9H2,1-2H3,(H,23,25)/t14-,15-,19+/m1/s1. The third-order valence-corrected chi connectivity index (χ3v) is 6.95. The summed E-state index contributed by atoms with van der Waals surface area (Å²) >= 11 is 0. The number of rotatable bonds is 5. The van der Waals surface area contributed by atoms with E-state index >= 15 is 0 Å². The molecule has 150 valence electrons. The molecule has 5 nitrogen and oxygen atoms in total. The van der Waals surface area contributed by atoms with Gasteiger partial charge in [0.2, 0.25) is 0 Å². The van der Waals surface area contributed by atoms with Crippen LogP contribution in [-0.2, 0) is 10.0 Å². The largest absolute Gasteiger partial charge is 0.349 e. The van der Waals surface area contributed by atoms with Crippen LogP contribution in [0.15, 0.2) is 53.4 Å². The second-order valence-corrected chi connectivity index (χ2v) is 9.14. The molecule has 0 saturated heterocycles. The zero-order valence-corrected chi connectivity index (χ0v) is 16.8. The SMILES string of the molecule is C[C@@H]1[C@H](C)CCC[C@@H]1NC(=O)c1ccc(S(=O)(=O)Nc2ccccc2F)cc1. The molecule has 0 spiro atoms. The molecule has 0 heterocycles. The van der Waals surface area contributed by atoms with E-state index in [0.29, 0.717) is 17.4 Å². The molecule has 28 heavy (non-hydrogen) atoms. The zero-order valence-electron chi connectivity index (χ0n) is 16.0. The first-order valence-corrected chi connectivity index (χ1v) is 10.9. The Morgan fingerprint density at radius 2 is 1.71 bits per heavy atom. The van der Waals surface area contributed by atoms with E-state index < -0.39 is 15.8 Å². The van der Waals surface area contributed by atoms with E-state index in [9.17, 15) is 17.6 Å². The van der Waals surface area contributed by atoms with Crippen LogP contribution in [0.2, 0.25) is 0 Å². The van der Waals surface area contributed by atoms with Crippen molar-refractivity contribution in [2.75, 3.05) is 4.72 Å². The Balaban J connectivity index is 1.70. The summed E-state index contributed by atoms with van der Waals surface area (Å²) in [5.74, 6) is 0.105. The molecule has 1 amide bonds. The van der Waals surface area contributed by atoms with Crippen molar-refractivity contribution < 1.29 is 17.6 Å². The molecule has 2 N–H and O–H groups in total. The smallest absolute Gasteiger partial charge is 0.261 e. The van der Waals surface area contributed by atoms with E-state index in [2.05, 4.69) is 23.9 Å². The number of carbonyl (C=O) groups excluding carboxylic acids is 1. The molecule has 0 radical (unpaired) electrons. The van der Waals surface area contributed by atoms with Crippen LogP contribution in [0.4, 0.5) is 10.1 Å². The quantitative estimate of drug-likeness (QED) is 0.785. The minimum absolute atomic E-state index is 0.0352. The molecule has 0 bridgehead atoms. The van der Waals surface area contributed by atoms with Gasteiger partial charge >= 0.3 is 0 Å². The summed E-state index contributed by atoms with van der Waals surface area (Å²) < 4.78 is 40.8. The number of carbonyl (C=O) groups is 1. The van der Waals surface area contributed by atoms with Crippen LogP contribution < -0.4 is 10.0 Å². The molecular weight excluding hydrogens is 379 g/mol. The lowest BCUT2D eigenvalue weighted by Gasteiger charge is -2.34. The lowest BCUT2D eigenvalue weighted by molar-refractivity contribution is 0.0891. The van der Waals surface area contributed by atoms with Crippen LogP contribution in [0, 0.1) is 17.7 Å². The number of sulfonamides is 1. The Labute approximate surface area is 165 Å². The minimum atomic E-state index is -3.94. The van der Waals surface area contributed by atoms with E-state index in [4.69, 9.17) is 0 Å². The Kier molecular flexibility index (Phi) is 6.03. The van der Waals surface area contributed by atoms with Crippen molar-refractivity contribution >= 4 is 21.6 Å². The number of benzene rings is 2. The first-order chi connectivity index (χ1) is 13.3. The molecule has 1 aliphatic rings. The van der Waals surface area contributed by atoms with Gasteiger partial charge in [-0.15, -0.1) is 0 Å². The lowest BCUT2D eigenvalue weighted by atomic mass is 9.78. The summed E-state index contributed by atoms with van der Waals surface area (Å²) in [6.45, 7) is 4.35. The number of anilines is 1. The average Bonchev–Trinajstić information content (AvgIpc) is 2.67. The van der Waals surface area contributed by atoms with Crippen LogP contribution in [0.5, 0.6) is 0 Å². The van der Waals surface area contributed by atoms with Crippen LogP contribution in [-0.4, -0.2) is 20.4 Å². The van der Waals surface area contributed by atoms with E-state index in [1.165, 1.54) is 48.9 Å². The monoisotopic (exact) mass is 404 g/mol. The number of para-hydroxylation sites is 1. The molecule has 2 aromatic carbocycles. The van der Waals surface area contributed by atoms with E-state index in [1.54, 1.807) is 6.07 Å². The van der Waals surface area contributed by atoms with Crippen molar-refractivity contribution in [1.29, 1.82) is 0 Å². The fourth-order valence-corrected chi connectivity index (χ4v) is 4.64. The first kappa shape index (κ1) is 20.3. The first-order valence-electron chi connectivity index (χ1n) is 9.46. The van der Waals surface area contributed by atoms with Gasteiger partial charge in [0.25, 0.3) is 15.9 Å². The number of halogens is 1. The molecule has 1 aliphatic carbocycles. The summed E-state index contributed by atoms with van der Waals surface area (Å²) in [6, 6.07) is 11.3. The highest BCUT2D eigenvalue weighted by molar-refractivity contribution is 7.92. The number of hydrogen-bond donors (Lipinski definition) is 2. The fraction of sp³-hybridized carbons (Fsp3) is 0.381. The van der Waals surface area contributed by atoms with Gasteiger partial charge in [0.05, 0.1) is 10.6 Å². The Morgan fingerprint density at radius 1 is 1.04 bits per heavy atom. The second kappa shape index (κ2) is 8.31. The van der Waals surface area contributed by atoms with Gasteiger partial charge < -0.3 is 5.32 Å². The Morgan fingerprint density at radius 3 is 2.39 bits per heavy atom. The van der Waals surface area contributed by atoms with Crippen molar-refractivity contribution in [2.24, 2.45) is 11.8 Å². The third kappa shape index (κ3) is 4.52. The predicted molar refractivity (Wildman–Crippen MR) is 107 cm³/mol. The molecule has 3 rings (SSSR count). The van der Waals surface area contributed by atoms with Crippen LogP contribution in [0.25, 0.3) is 0 Å². The maximum atomic E-state index is 13.7. The van der Waals surface area contributed by atoms with Crippen molar-refractivity contribution in [3.63, 3.8) is 0 Å². The van der Waals surface area contributed by atoms with Crippen molar-refractivity contribution in [1.82, 2.24) is 5.32 Å². The number of amides is 1. The normalized spacial score (nSPS) is 22.5. The van der Waals surface area contributed by atoms with Gasteiger partial charge in [-0.3, -0.25) is 9.52 Å². The van der Waals surface area contributed by atoms with E-state index in [0.717, 1.165) is 12.8 Å². The number of nitrogens with one attached hydrogen (secondary N) is 2. The maximum absolute atomic E-state index is 13.7. The van der Waals surface area contributed by atoms with Crippen molar-refractivity contribution in [3.8, 4) is 0 Å². The molecule has 0 unspecified atom stereocenters. The molecular formula is C21H25FN2O3S. The summed E-state index contributed by atoms with van der Waals surface area (Å²) in [7, 11) is -3.94. The van der Waals surface area contributed by atoms with Gasteiger partial charge in [-0.1, -0.05) is 38.8 Å². The van der Waals surface area contributed by atoms with Gasteiger partial charge in [-0.05, 0) is 54.7 Å². The van der Waals surface area contributed by atoms with Crippen molar-refractivity contribution in [2.45, 2.75) is 44.0 Å². The van der Waals surface area contributed by atoms with E-state index in [1.807, 2.05) is 0 Å². The van der Waals surface area contributed by atoms with Crippen LogP contribution in [0.1, 0.15) is 43.5 Å². The van der Waals surface area contributed by atoms with Gasteiger partial charge in [0.15, 0.2) is 0 Å². The molecule has 1 saturated carbocycles. The summed E-state index contributed by atoms with van der Waals surface area (Å²) in [5.41, 5.74) is 0.278. The highest BCUT2D eigenvalue weighted by Crippen LogP contribution is 2.29. The summed E-state index contributed by atoms with van der Waals surface area (Å²) in [4.78, 5) is 12.5. The Bertz CT molecular complexity index is 944. The van der Waals surface area contributed by atoms with Crippen molar-refractivity contribution in [3.05, 3.63) is 59.9 Å². The minimum Gasteiger partial charge on any atom is -0.349 e. The van der Waals surface area contributed by atoms with Crippen LogP contribution >= 0.6 is 0 Å². The van der Waals surface area contributed by atoms with Gasteiger partial charge in [0.1, 0.15) is 5.82 Å². The average molecular weight is 405 g/mol. The number of hydrogen-bond acceptors (Lipinski definition) is 3. The highest BCUT2D eigenvalue weighted by atomic mass is 32.2. The summed E-state index contributed by atoms with van der Waals surface area (Å²) in [5, 5.41) is 3.07. The topological polar surface area (TPSA) is 75.3 Å². The maximum Gasteiger partial charge on any atom is 0.261 e. The molecule has 2 aromatic rings. The zero-order chi connectivity index (χ0) is 20.3. The molecule has 3 atom stereocenters.